The molecule has 0 saturated carbocycles. The molecule has 1 amide bonds. The molecule has 4 heteroatoms. The van der Waals surface area contributed by atoms with Gasteiger partial charge in [-0.2, -0.15) is 11.8 Å². The van der Waals surface area contributed by atoms with Crippen molar-refractivity contribution < 1.29 is 4.79 Å². The number of carbonyl (C=O) groups excluding carboxylic acids is 1. The molecule has 1 heterocycles. The SMILES string of the molecule is CSCC(C)NC(=O)c1cccc2cc[nH]c12. The minimum atomic E-state index is -0.0143. The van der Waals surface area contributed by atoms with Gasteiger partial charge >= 0.3 is 0 Å². The zero-order valence-corrected chi connectivity index (χ0v) is 10.8. The van der Waals surface area contributed by atoms with E-state index in [-0.39, 0.29) is 11.9 Å². The van der Waals surface area contributed by atoms with Crippen LogP contribution in [0.1, 0.15) is 17.3 Å². The highest BCUT2D eigenvalue weighted by Gasteiger charge is 2.12. The smallest absolute Gasteiger partial charge is 0.253 e. The van der Waals surface area contributed by atoms with Gasteiger partial charge in [-0.15, -0.1) is 0 Å². The summed E-state index contributed by atoms with van der Waals surface area (Å²) < 4.78 is 0. The highest BCUT2D eigenvalue weighted by Crippen LogP contribution is 2.16. The number of thioether (sulfide) groups is 1. The topological polar surface area (TPSA) is 44.9 Å². The number of hydrogen-bond acceptors (Lipinski definition) is 2. The molecule has 1 atom stereocenters. The zero-order valence-electron chi connectivity index (χ0n) is 9.99. The molecule has 0 aliphatic heterocycles. The summed E-state index contributed by atoms with van der Waals surface area (Å²) >= 11 is 1.73. The maximum absolute atomic E-state index is 12.1. The van der Waals surface area contributed by atoms with Gasteiger partial charge in [0, 0.05) is 23.4 Å². The van der Waals surface area contributed by atoms with Crippen molar-refractivity contribution in [1.82, 2.24) is 10.3 Å². The Hall–Kier alpha value is -1.42. The number of fused-ring (bicyclic) bond motifs is 1. The molecular weight excluding hydrogens is 232 g/mol. The van der Waals surface area contributed by atoms with Gasteiger partial charge < -0.3 is 10.3 Å². The van der Waals surface area contributed by atoms with Gasteiger partial charge in [-0.3, -0.25) is 4.79 Å². The number of rotatable bonds is 4. The molecule has 90 valence electrons. The molecule has 1 aromatic heterocycles. The molecule has 0 aliphatic rings. The Labute approximate surface area is 105 Å². The maximum Gasteiger partial charge on any atom is 0.253 e. The van der Waals surface area contributed by atoms with Gasteiger partial charge in [0.1, 0.15) is 0 Å². The number of benzene rings is 1. The average molecular weight is 248 g/mol. The first kappa shape index (κ1) is 12.0. The Morgan fingerprint density at radius 1 is 1.47 bits per heavy atom. The average Bonchev–Trinajstić information content (AvgIpc) is 2.76. The molecule has 1 unspecified atom stereocenters. The molecule has 0 saturated heterocycles. The Morgan fingerprint density at radius 2 is 2.29 bits per heavy atom. The molecule has 1 aromatic carbocycles. The molecule has 17 heavy (non-hydrogen) atoms. The lowest BCUT2D eigenvalue weighted by Crippen LogP contribution is -2.34. The Balaban J connectivity index is 2.21. The normalized spacial score (nSPS) is 12.6. The van der Waals surface area contributed by atoms with E-state index in [1.807, 2.05) is 43.6 Å². The van der Waals surface area contributed by atoms with Gasteiger partial charge in [-0.1, -0.05) is 12.1 Å². The monoisotopic (exact) mass is 248 g/mol. The second kappa shape index (κ2) is 5.27. The van der Waals surface area contributed by atoms with Crippen LogP contribution < -0.4 is 5.32 Å². The van der Waals surface area contributed by atoms with Crippen molar-refractivity contribution in [1.29, 1.82) is 0 Å². The van der Waals surface area contributed by atoms with Crippen LogP contribution in [0, 0.1) is 0 Å². The maximum atomic E-state index is 12.1. The molecule has 0 radical (unpaired) electrons. The lowest BCUT2D eigenvalue weighted by Gasteiger charge is -2.12. The van der Waals surface area contributed by atoms with E-state index in [2.05, 4.69) is 10.3 Å². The quantitative estimate of drug-likeness (QED) is 0.873. The number of H-pyrrole nitrogens is 1. The van der Waals surface area contributed by atoms with Crippen molar-refractivity contribution in [2.45, 2.75) is 13.0 Å². The van der Waals surface area contributed by atoms with E-state index in [0.717, 1.165) is 16.7 Å². The predicted molar refractivity (Wildman–Crippen MR) is 73.6 cm³/mol. The van der Waals surface area contributed by atoms with Crippen LogP contribution in [0.4, 0.5) is 0 Å². The molecule has 0 fully saturated rings. The fourth-order valence-electron chi connectivity index (χ4n) is 1.87. The minimum Gasteiger partial charge on any atom is -0.361 e. The number of nitrogens with one attached hydrogen (secondary N) is 2. The van der Waals surface area contributed by atoms with Crippen molar-refractivity contribution in [3.8, 4) is 0 Å². The van der Waals surface area contributed by atoms with E-state index in [4.69, 9.17) is 0 Å². The van der Waals surface area contributed by atoms with Crippen molar-refractivity contribution in [3.63, 3.8) is 0 Å². The summed E-state index contributed by atoms with van der Waals surface area (Å²) in [7, 11) is 0. The largest absolute Gasteiger partial charge is 0.361 e. The van der Waals surface area contributed by atoms with Crippen LogP contribution in [0.15, 0.2) is 30.5 Å². The van der Waals surface area contributed by atoms with Crippen LogP contribution in [-0.4, -0.2) is 28.9 Å². The van der Waals surface area contributed by atoms with E-state index in [1.54, 1.807) is 11.8 Å². The summed E-state index contributed by atoms with van der Waals surface area (Å²) in [6, 6.07) is 7.90. The first-order valence-corrected chi connectivity index (χ1v) is 6.97. The second-order valence-corrected chi connectivity index (χ2v) is 4.99. The van der Waals surface area contributed by atoms with Crippen LogP contribution in [0.3, 0.4) is 0 Å². The fourth-order valence-corrected chi connectivity index (χ4v) is 2.45. The summed E-state index contributed by atoms with van der Waals surface area (Å²) in [6.45, 7) is 2.02. The third-order valence-corrected chi connectivity index (χ3v) is 3.46. The van der Waals surface area contributed by atoms with Gasteiger partial charge in [-0.05, 0) is 25.3 Å². The first-order valence-electron chi connectivity index (χ1n) is 5.58. The number of aromatic amines is 1. The van der Waals surface area contributed by atoms with Gasteiger partial charge in [0.05, 0.1) is 11.1 Å². The van der Waals surface area contributed by atoms with Gasteiger partial charge in [-0.25, -0.2) is 0 Å². The number of carbonyl (C=O) groups is 1. The Morgan fingerprint density at radius 3 is 3.06 bits per heavy atom. The second-order valence-electron chi connectivity index (χ2n) is 4.08. The van der Waals surface area contributed by atoms with Crippen LogP contribution in [-0.2, 0) is 0 Å². The molecule has 2 rings (SSSR count). The standard InChI is InChI=1S/C13H16N2OS/c1-9(8-17-2)15-13(16)11-5-3-4-10-6-7-14-12(10)11/h3-7,9,14H,8H2,1-2H3,(H,15,16). The van der Waals surface area contributed by atoms with Crippen molar-refractivity contribution in [2.24, 2.45) is 0 Å². The molecule has 3 nitrogen and oxygen atoms in total. The third kappa shape index (κ3) is 2.64. The van der Waals surface area contributed by atoms with Crippen molar-refractivity contribution in [2.75, 3.05) is 12.0 Å². The summed E-state index contributed by atoms with van der Waals surface area (Å²) in [5.74, 6) is 0.909. The number of aromatic nitrogens is 1. The van der Waals surface area contributed by atoms with Gasteiger partial charge in [0.2, 0.25) is 0 Å². The number of hydrogen-bond donors (Lipinski definition) is 2. The summed E-state index contributed by atoms with van der Waals surface area (Å²) in [5.41, 5.74) is 1.61. The number of amides is 1. The fraction of sp³-hybridized carbons (Fsp3) is 0.308. The van der Waals surface area contributed by atoms with E-state index < -0.39 is 0 Å². The zero-order chi connectivity index (χ0) is 12.3. The van der Waals surface area contributed by atoms with E-state index >= 15 is 0 Å². The van der Waals surface area contributed by atoms with Crippen molar-refractivity contribution >= 4 is 28.6 Å². The van der Waals surface area contributed by atoms with Crippen LogP contribution in [0.5, 0.6) is 0 Å². The molecule has 2 N–H and O–H groups in total. The summed E-state index contributed by atoms with van der Waals surface area (Å²) in [5, 5.41) is 4.06. The Bertz CT molecular complexity index is 521. The van der Waals surface area contributed by atoms with E-state index in [1.165, 1.54) is 0 Å². The lowest BCUT2D eigenvalue weighted by molar-refractivity contribution is 0.0945. The minimum absolute atomic E-state index is 0.0143. The van der Waals surface area contributed by atoms with Crippen LogP contribution in [0.2, 0.25) is 0 Å². The molecule has 0 aliphatic carbocycles. The lowest BCUT2D eigenvalue weighted by atomic mass is 10.1. The molecule has 0 bridgehead atoms. The molecule has 2 aromatic rings. The first-order chi connectivity index (χ1) is 8.22. The highest BCUT2D eigenvalue weighted by atomic mass is 32.2. The van der Waals surface area contributed by atoms with Gasteiger partial charge in [0.15, 0.2) is 0 Å². The highest BCUT2D eigenvalue weighted by molar-refractivity contribution is 7.98. The Kier molecular flexibility index (Phi) is 3.74. The predicted octanol–water partition coefficient (Wildman–Crippen LogP) is 2.65. The van der Waals surface area contributed by atoms with E-state index in [0.29, 0.717) is 5.56 Å². The van der Waals surface area contributed by atoms with Crippen LogP contribution >= 0.6 is 11.8 Å². The van der Waals surface area contributed by atoms with Gasteiger partial charge in [0.25, 0.3) is 5.91 Å². The van der Waals surface area contributed by atoms with Crippen molar-refractivity contribution in [3.05, 3.63) is 36.0 Å². The summed E-state index contributed by atoms with van der Waals surface area (Å²) in [4.78, 5) is 15.2. The molecule has 0 spiro atoms. The number of para-hydroxylation sites is 1. The summed E-state index contributed by atoms with van der Waals surface area (Å²) in [6.07, 6.45) is 3.89. The molecular formula is C13H16N2OS. The third-order valence-electron chi connectivity index (χ3n) is 2.63. The van der Waals surface area contributed by atoms with Crippen LogP contribution in [0.25, 0.3) is 10.9 Å². The van der Waals surface area contributed by atoms with E-state index in [9.17, 15) is 4.79 Å².